The van der Waals surface area contributed by atoms with Gasteiger partial charge in [0.15, 0.2) is 5.03 Å². The minimum absolute atomic E-state index is 0.0598. The molecule has 3 N–H and O–H groups in total. The molecule has 0 saturated heterocycles. The number of amides is 1. The standard InChI is InChI=1S/C18H13Cl2N5O3S/c19-12-8-4-7-11(13(12)20)9-21-23-15(26)14(10-5-2-1-3-6-10)29-17-16(27)22-18(28)25-24-17/h1-9,14H,(H,23,26)(H2,22,25,27,28)/b21-9-. The Balaban J connectivity index is 1.83. The van der Waals surface area contributed by atoms with Gasteiger partial charge in [-0.25, -0.2) is 15.3 Å². The van der Waals surface area contributed by atoms with Gasteiger partial charge in [-0.3, -0.25) is 14.6 Å². The molecule has 0 fully saturated rings. The van der Waals surface area contributed by atoms with Gasteiger partial charge in [-0.1, -0.05) is 77.4 Å². The second kappa shape index (κ2) is 9.55. The maximum atomic E-state index is 12.8. The van der Waals surface area contributed by atoms with E-state index in [4.69, 9.17) is 23.2 Å². The molecule has 11 heteroatoms. The van der Waals surface area contributed by atoms with Crippen molar-refractivity contribution >= 4 is 47.1 Å². The van der Waals surface area contributed by atoms with Crippen LogP contribution in [0.5, 0.6) is 0 Å². The van der Waals surface area contributed by atoms with E-state index in [-0.39, 0.29) is 5.03 Å². The average Bonchev–Trinajstić information content (AvgIpc) is 2.71. The number of aromatic nitrogens is 3. The van der Waals surface area contributed by atoms with Crippen LogP contribution in [0, 0.1) is 0 Å². The van der Waals surface area contributed by atoms with Crippen molar-refractivity contribution < 1.29 is 4.79 Å². The van der Waals surface area contributed by atoms with E-state index < -0.39 is 22.4 Å². The van der Waals surface area contributed by atoms with Gasteiger partial charge in [-0.2, -0.15) is 10.2 Å². The third-order valence-corrected chi connectivity index (χ3v) is 5.67. The fourth-order valence-corrected chi connectivity index (χ4v) is 3.56. The van der Waals surface area contributed by atoms with Gasteiger partial charge in [0.05, 0.1) is 16.3 Å². The van der Waals surface area contributed by atoms with E-state index in [0.29, 0.717) is 21.2 Å². The second-order valence-electron chi connectivity index (χ2n) is 5.60. The highest BCUT2D eigenvalue weighted by Crippen LogP contribution is 2.32. The Kier molecular flexibility index (Phi) is 6.86. The third-order valence-electron chi connectivity index (χ3n) is 3.61. The lowest BCUT2D eigenvalue weighted by Gasteiger charge is -2.14. The number of hydrogen-bond acceptors (Lipinski definition) is 6. The van der Waals surface area contributed by atoms with Crippen molar-refractivity contribution in [1.29, 1.82) is 0 Å². The number of thioether (sulfide) groups is 1. The fourth-order valence-electron chi connectivity index (χ4n) is 2.27. The maximum Gasteiger partial charge on any atom is 0.342 e. The largest absolute Gasteiger partial charge is 0.342 e. The number of carbonyl (C=O) groups excluding carboxylic acids is 1. The monoisotopic (exact) mass is 449 g/mol. The summed E-state index contributed by atoms with van der Waals surface area (Å²) in [5.41, 5.74) is 2.15. The quantitative estimate of drug-likeness (QED) is 0.303. The van der Waals surface area contributed by atoms with E-state index in [1.54, 1.807) is 48.5 Å². The summed E-state index contributed by atoms with van der Waals surface area (Å²) in [6.45, 7) is 0. The molecule has 1 unspecified atom stereocenters. The Morgan fingerprint density at radius 2 is 1.90 bits per heavy atom. The number of nitrogens with one attached hydrogen (secondary N) is 3. The molecule has 0 aliphatic carbocycles. The molecule has 0 saturated carbocycles. The summed E-state index contributed by atoms with van der Waals surface area (Å²) in [6.07, 6.45) is 1.36. The Morgan fingerprint density at radius 3 is 2.62 bits per heavy atom. The van der Waals surface area contributed by atoms with Gasteiger partial charge in [0.25, 0.3) is 11.5 Å². The molecule has 0 bridgehead atoms. The number of hydrazone groups is 1. The average molecular weight is 450 g/mol. The van der Waals surface area contributed by atoms with Gasteiger partial charge >= 0.3 is 5.69 Å². The van der Waals surface area contributed by atoms with E-state index in [0.717, 1.165) is 11.8 Å². The SMILES string of the molecule is O=C(N/N=C\c1cccc(Cl)c1Cl)C(Sc1n[nH]c(=O)[nH]c1=O)c1ccccc1. The summed E-state index contributed by atoms with van der Waals surface area (Å²) in [5, 5.41) is 9.54. The zero-order valence-corrected chi connectivity index (χ0v) is 16.9. The highest BCUT2D eigenvalue weighted by molar-refractivity contribution is 8.00. The summed E-state index contributed by atoms with van der Waals surface area (Å²) in [6, 6.07) is 13.8. The summed E-state index contributed by atoms with van der Waals surface area (Å²) in [4.78, 5) is 37.9. The number of aromatic amines is 2. The lowest BCUT2D eigenvalue weighted by Crippen LogP contribution is -2.28. The summed E-state index contributed by atoms with van der Waals surface area (Å²) >= 11 is 12.9. The van der Waals surface area contributed by atoms with Crippen LogP contribution in [0.3, 0.4) is 0 Å². The number of H-pyrrole nitrogens is 2. The molecule has 0 radical (unpaired) electrons. The van der Waals surface area contributed by atoms with Crippen LogP contribution in [0.2, 0.25) is 10.0 Å². The van der Waals surface area contributed by atoms with Crippen LogP contribution in [-0.4, -0.2) is 27.3 Å². The van der Waals surface area contributed by atoms with Crippen LogP contribution in [0.4, 0.5) is 0 Å². The topological polar surface area (TPSA) is 120 Å². The smallest absolute Gasteiger partial charge is 0.271 e. The number of halogens is 2. The lowest BCUT2D eigenvalue weighted by molar-refractivity contribution is -0.120. The van der Waals surface area contributed by atoms with Crippen molar-refractivity contribution in [3.8, 4) is 0 Å². The summed E-state index contributed by atoms with van der Waals surface area (Å²) < 4.78 is 0. The molecule has 1 heterocycles. The number of nitrogens with zero attached hydrogens (tertiary/aromatic N) is 2. The molecule has 0 spiro atoms. The predicted octanol–water partition coefficient (Wildman–Crippen LogP) is 2.75. The predicted molar refractivity (Wildman–Crippen MR) is 113 cm³/mol. The van der Waals surface area contributed by atoms with E-state index in [9.17, 15) is 14.4 Å². The van der Waals surface area contributed by atoms with Crippen LogP contribution in [-0.2, 0) is 4.79 Å². The Labute approximate surface area is 178 Å². The molecule has 1 atom stereocenters. The first kappa shape index (κ1) is 20.8. The van der Waals surface area contributed by atoms with Gasteiger partial charge in [0, 0.05) is 5.56 Å². The number of benzene rings is 2. The van der Waals surface area contributed by atoms with Gasteiger partial charge in [-0.05, 0) is 11.6 Å². The molecule has 2 aromatic carbocycles. The van der Waals surface area contributed by atoms with Crippen molar-refractivity contribution in [2.24, 2.45) is 5.10 Å². The van der Waals surface area contributed by atoms with Crippen LogP contribution in [0.15, 0.2) is 68.2 Å². The van der Waals surface area contributed by atoms with Crippen molar-refractivity contribution in [3.63, 3.8) is 0 Å². The van der Waals surface area contributed by atoms with Gasteiger partial charge in [0.1, 0.15) is 5.25 Å². The molecule has 8 nitrogen and oxygen atoms in total. The van der Waals surface area contributed by atoms with Crippen LogP contribution >= 0.6 is 35.0 Å². The van der Waals surface area contributed by atoms with Crippen LogP contribution in [0.25, 0.3) is 0 Å². The summed E-state index contributed by atoms with van der Waals surface area (Å²) in [5.74, 6) is -0.497. The second-order valence-corrected chi connectivity index (χ2v) is 7.48. The number of hydrogen-bond donors (Lipinski definition) is 3. The molecule has 1 aromatic heterocycles. The molecule has 1 amide bonds. The maximum absolute atomic E-state index is 12.8. The third kappa shape index (κ3) is 5.35. The van der Waals surface area contributed by atoms with Crippen molar-refractivity contribution in [2.45, 2.75) is 10.3 Å². The van der Waals surface area contributed by atoms with E-state index in [1.807, 2.05) is 0 Å². The Hall–Kier alpha value is -2.88. The normalized spacial score (nSPS) is 12.1. The molecule has 0 aliphatic heterocycles. The van der Waals surface area contributed by atoms with E-state index in [1.165, 1.54) is 6.21 Å². The van der Waals surface area contributed by atoms with Gasteiger partial charge < -0.3 is 0 Å². The highest BCUT2D eigenvalue weighted by atomic mass is 35.5. The molecule has 3 aromatic rings. The van der Waals surface area contributed by atoms with E-state index in [2.05, 4.69) is 25.7 Å². The Bertz CT molecular complexity index is 1160. The molecule has 148 valence electrons. The lowest BCUT2D eigenvalue weighted by atomic mass is 10.1. The first-order valence-corrected chi connectivity index (χ1v) is 9.77. The molecular weight excluding hydrogens is 437 g/mol. The molecule has 0 aliphatic rings. The molecular formula is C18H13Cl2N5O3S. The summed E-state index contributed by atoms with van der Waals surface area (Å²) in [7, 11) is 0. The Morgan fingerprint density at radius 1 is 1.14 bits per heavy atom. The van der Waals surface area contributed by atoms with Crippen molar-refractivity contribution in [3.05, 3.63) is 90.5 Å². The van der Waals surface area contributed by atoms with Crippen molar-refractivity contribution in [2.75, 3.05) is 0 Å². The van der Waals surface area contributed by atoms with Crippen LogP contribution < -0.4 is 16.7 Å². The first-order valence-electron chi connectivity index (χ1n) is 8.13. The van der Waals surface area contributed by atoms with Crippen molar-refractivity contribution in [1.82, 2.24) is 20.6 Å². The zero-order valence-electron chi connectivity index (χ0n) is 14.6. The fraction of sp³-hybridized carbons (Fsp3) is 0.0556. The van der Waals surface area contributed by atoms with Gasteiger partial charge in [-0.15, -0.1) is 0 Å². The van der Waals surface area contributed by atoms with Gasteiger partial charge in [0.2, 0.25) is 0 Å². The van der Waals surface area contributed by atoms with Crippen LogP contribution in [0.1, 0.15) is 16.4 Å². The molecule has 29 heavy (non-hydrogen) atoms. The minimum atomic E-state index is -0.845. The molecule has 3 rings (SSSR count). The number of carbonyl (C=O) groups is 1. The zero-order chi connectivity index (χ0) is 20.8. The highest BCUT2D eigenvalue weighted by Gasteiger charge is 2.24. The first-order chi connectivity index (χ1) is 14.0. The minimum Gasteiger partial charge on any atom is -0.271 e. The number of rotatable bonds is 6. The van der Waals surface area contributed by atoms with E-state index >= 15 is 0 Å².